The van der Waals surface area contributed by atoms with E-state index in [1.807, 2.05) is 30.3 Å². The maximum atomic E-state index is 11.7. The van der Waals surface area contributed by atoms with Crippen LogP contribution in [0.2, 0.25) is 0 Å². The van der Waals surface area contributed by atoms with E-state index in [0.29, 0.717) is 11.5 Å². The van der Waals surface area contributed by atoms with Crippen LogP contribution in [0.4, 0.5) is 5.69 Å². The summed E-state index contributed by atoms with van der Waals surface area (Å²) in [6, 6.07) is 13.4. The normalized spacial score (nSPS) is 22.5. The Bertz CT molecular complexity index is 916. The van der Waals surface area contributed by atoms with Crippen LogP contribution in [0.3, 0.4) is 0 Å². The van der Waals surface area contributed by atoms with E-state index in [1.54, 1.807) is 12.1 Å². The molecule has 0 aromatic heterocycles. The minimum atomic E-state index is -1.07. The Morgan fingerprint density at radius 1 is 1.19 bits per heavy atom. The van der Waals surface area contributed by atoms with Crippen LogP contribution in [-0.2, 0) is 16.0 Å². The molecule has 138 valence electrons. The van der Waals surface area contributed by atoms with Crippen LogP contribution in [0, 0.1) is 5.92 Å². The van der Waals surface area contributed by atoms with Crippen LogP contribution in [0.25, 0.3) is 0 Å². The number of anilines is 1. The second-order valence-corrected chi connectivity index (χ2v) is 7.06. The van der Waals surface area contributed by atoms with E-state index in [1.165, 1.54) is 7.11 Å². The average Bonchev–Trinajstić information content (AvgIpc) is 3.17. The Kier molecular flexibility index (Phi) is 4.44. The predicted molar refractivity (Wildman–Crippen MR) is 99.3 cm³/mol. The molecule has 2 aromatic carbocycles. The molecule has 27 heavy (non-hydrogen) atoms. The molecule has 0 saturated carbocycles. The maximum Gasteiger partial charge on any atom is 0.337 e. The first kappa shape index (κ1) is 17.3. The fourth-order valence-electron chi connectivity index (χ4n) is 4.19. The third-order valence-electron chi connectivity index (χ3n) is 5.47. The average molecular weight is 362 g/mol. The van der Waals surface area contributed by atoms with Crippen LogP contribution >= 0.6 is 0 Å². The van der Waals surface area contributed by atoms with Crippen molar-refractivity contribution < 1.29 is 19.4 Å². The third-order valence-corrected chi connectivity index (χ3v) is 5.47. The molecule has 1 aliphatic heterocycles. The third kappa shape index (κ3) is 3.21. The Labute approximate surface area is 157 Å². The van der Waals surface area contributed by atoms with Crippen LogP contribution in [0.1, 0.15) is 45.4 Å². The molecule has 0 unspecified atom stereocenters. The summed E-state index contributed by atoms with van der Waals surface area (Å²) < 4.78 is 4.77. The molecule has 2 aromatic rings. The number of aliphatic carboxylic acids is 1. The van der Waals surface area contributed by atoms with E-state index >= 15 is 0 Å². The van der Waals surface area contributed by atoms with Crippen molar-refractivity contribution in [2.45, 2.75) is 24.8 Å². The van der Waals surface area contributed by atoms with E-state index in [4.69, 9.17) is 4.74 Å². The summed E-state index contributed by atoms with van der Waals surface area (Å²) in [6.45, 7) is 0. The van der Waals surface area contributed by atoms with Gasteiger partial charge in [0.15, 0.2) is 0 Å². The van der Waals surface area contributed by atoms with Crippen LogP contribution < -0.4 is 10.4 Å². The molecule has 0 radical (unpaired) electrons. The number of ether oxygens (including phenoxy) is 1. The van der Waals surface area contributed by atoms with Gasteiger partial charge in [0.2, 0.25) is 0 Å². The van der Waals surface area contributed by atoms with E-state index in [-0.39, 0.29) is 24.3 Å². The molecule has 1 aliphatic carbocycles. The molecule has 0 spiro atoms. The zero-order chi connectivity index (χ0) is 19.0. The summed E-state index contributed by atoms with van der Waals surface area (Å²) in [5, 5.41) is 14.5. The first-order chi connectivity index (χ1) is 13.1. The molecule has 0 saturated heterocycles. The van der Waals surface area contributed by atoms with Gasteiger partial charge in [0, 0.05) is 24.0 Å². The molecule has 3 atom stereocenters. The second-order valence-electron chi connectivity index (χ2n) is 7.06. The van der Waals surface area contributed by atoms with Gasteiger partial charge in [0.05, 0.1) is 18.7 Å². The molecular formula is C22H20NO4-. The molecule has 5 nitrogen and oxygen atoms in total. The lowest BCUT2D eigenvalue weighted by atomic mass is 9.76. The second kappa shape index (κ2) is 6.91. The largest absolute Gasteiger partial charge is 0.550 e. The summed E-state index contributed by atoms with van der Waals surface area (Å²) in [5.74, 6) is -0.821. The minimum Gasteiger partial charge on any atom is -0.550 e. The number of carboxylic acids is 1. The van der Waals surface area contributed by atoms with Crippen molar-refractivity contribution in [2.75, 3.05) is 12.4 Å². The van der Waals surface area contributed by atoms with Crippen molar-refractivity contribution in [1.29, 1.82) is 0 Å². The van der Waals surface area contributed by atoms with Gasteiger partial charge in [-0.1, -0.05) is 36.4 Å². The van der Waals surface area contributed by atoms with Crippen LogP contribution in [0.15, 0.2) is 54.6 Å². The maximum absolute atomic E-state index is 11.7. The number of hydrogen-bond acceptors (Lipinski definition) is 5. The Balaban J connectivity index is 1.66. The van der Waals surface area contributed by atoms with Crippen molar-refractivity contribution in [3.63, 3.8) is 0 Å². The summed E-state index contributed by atoms with van der Waals surface area (Å²) >= 11 is 0. The number of allylic oxidation sites excluding steroid dienone is 2. The van der Waals surface area contributed by atoms with E-state index in [2.05, 4.69) is 17.5 Å². The number of carbonyl (C=O) groups excluding carboxylic acids is 2. The number of rotatable bonds is 4. The standard InChI is InChI=1S/C22H21NO4/c1-27-22(26)15-8-6-14(7-9-15)21-17-4-2-3-16(17)18-11-13(12-20(24)25)5-10-19(18)23-21/h2-3,5-11,16-17,21,23H,4,12H2,1H3,(H,24,25)/p-1/t16-,17-,21+/m0/s1. The number of carbonyl (C=O) groups is 2. The van der Waals surface area contributed by atoms with Crippen LogP contribution in [0.5, 0.6) is 0 Å². The Morgan fingerprint density at radius 3 is 2.67 bits per heavy atom. The van der Waals surface area contributed by atoms with Gasteiger partial charge >= 0.3 is 5.97 Å². The van der Waals surface area contributed by atoms with E-state index < -0.39 is 5.97 Å². The van der Waals surface area contributed by atoms with Gasteiger partial charge in [0.25, 0.3) is 0 Å². The smallest absolute Gasteiger partial charge is 0.337 e. The fourth-order valence-corrected chi connectivity index (χ4v) is 4.19. The van der Waals surface area contributed by atoms with Crippen molar-refractivity contribution in [2.24, 2.45) is 5.92 Å². The lowest BCUT2D eigenvalue weighted by Gasteiger charge is -2.38. The lowest BCUT2D eigenvalue weighted by molar-refractivity contribution is -0.304. The monoisotopic (exact) mass is 362 g/mol. The highest BCUT2D eigenvalue weighted by atomic mass is 16.5. The number of benzene rings is 2. The molecule has 0 amide bonds. The summed E-state index contributed by atoms with van der Waals surface area (Å²) in [4.78, 5) is 22.6. The first-order valence-electron chi connectivity index (χ1n) is 9.01. The van der Waals surface area contributed by atoms with E-state index in [0.717, 1.165) is 28.8 Å². The van der Waals surface area contributed by atoms with Gasteiger partial charge < -0.3 is 20.0 Å². The molecule has 1 heterocycles. The Hall–Kier alpha value is -3.08. The lowest BCUT2D eigenvalue weighted by Crippen LogP contribution is -2.29. The number of carboxylic acid groups (broad SMARTS) is 1. The van der Waals surface area contributed by atoms with Gasteiger partial charge in [0.1, 0.15) is 0 Å². The van der Waals surface area contributed by atoms with Crippen molar-refractivity contribution in [1.82, 2.24) is 0 Å². The number of nitrogens with one attached hydrogen (secondary N) is 1. The first-order valence-corrected chi connectivity index (χ1v) is 9.01. The number of esters is 1. The summed E-state index contributed by atoms with van der Waals surface area (Å²) in [5.41, 5.74) is 4.56. The van der Waals surface area contributed by atoms with Crippen molar-refractivity contribution >= 4 is 17.6 Å². The molecule has 2 aliphatic rings. The topological polar surface area (TPSA) is 78.5 Å². The highest BCUT2D eigenvalue weighted by molar-refractivity contribution is 5.89. The summed E-state index contributed by atoms with van der Waals surface area (Å²) in [7, 11) is 1.37. The Morgan fingerprint density at radius 2 is 1.96 bits per heavy atom. The molecule has 5 heteroatoms. The predicted octanol–water partition coefficient (Wildman–Crippen LogP) is 2.59. The van der Waals surface area contributed by atoms with Gasteiger partial charge in [-0.3, -0.25) is 0 Å². The quantitative estimate of drug-likeness (QED) is 0.668. The molecular weight excluding hydrogens is 342 g/mol. The SMILES string of the molecule is COC(=O)c1ccc([C@H]2Nc3ccc(CC(=O)[O-])cc3[C@H]3C=CC[C@@H]32)cc1. The number of methoxy groups -OCH3 is 1. The zero-order valence-electron chi connectivity index (χ0n) is 15.0. The number of hydrogen-bond donors (Lipinski definition) is 1. The zero-order valence-corrected chi connectivity index (χ0v) is 15.0. The summed E-state index contributed by atoms with van der Waals surface area (Å²) in [6.07, 6.45) is 5.27. The highest BCUT2D eigenvalue weighted by Crippen LogP contribution is 2.49. The minimum absolute atomic E-state index is 0.0766. The molecule has 1 N–H and O–H groups in total. The van der Waals surface area contributed by atoms with Crippen molar-refractivity contribution in [3.8, 4) is 0 Å². The fraction of sp³-hybridized carbons (Fsp3) is 0.273. The number of fused-ring (bicyclic) bond motifs is 3. The highest BCUT2D eigenvalue weighted by Gasteiger charge is 2.37. The molecule has 0 fully saturated rings. The van der Waals surface area contributed by atoms with Crippen molar-refractivity contribution in [3.05, 3.63) is 76.9 Å². The molecule has 4 rings (SSSR count). The van der Waals surface area contributed by atoms with Gasteiger partial charge in [-0.2, -0.15) is 0 Å². The molecule has 0 bridgehead atoms. The van der Waals surface area contributed by atoms with Gasteiger partial charge in [-0.15, -0.1) is 0 Å². The van der Waals surface area contributed by atoms with Gasteiger partial charge in [-0.25, -0.2) is 4.79 Å². The van der Waals surface area contributed by atoms with Gasteiger partial charge in [-0.05, 0) is 47.2 Å². The van der Waals surface area contributed by atoms with Crippen LogP contribution in [-0.4, -0.2) is 19.0 Å². The van der Waals surface area contributed by atoms with E-state index in [9.17, 15) is 14.7 Å².